The Morgan fingerprint density at radius 2 is 2.00 bits per heavy atom. The van der Waals surface area contributed by atoms with Crippen LogP contribution in [-0.4, -0.2) is 37.6 Å². The number of hydrogen-bond acceptors (Lipinski definition) is 6. The molecule has 0 saturated carbocycles. The molecule has 1 atom stereocenters. The number of benzene rings is 2. The number of fused-ring (bicyclic) bond motifs is 1. The van der Waals surface area contributed by atoms with Gasteiger partial charge in [0.15, 0.2) is 0 Å². The number of carbonyl (C=O) groups excluding carboxylic acids is 1. The second-order valence-corrected chi connectivity index (χ2v) is 10.2. The van der Waals surface area contributed by atoms with Crippen molar-refractivity contribution in [1.82, 2.24) is 30.0 Å². The molecule has 3 aromatic heterocycles. The van der Waals surface area contributed by atoms with E-state index in [0.29, 0.717) is 5.56 Å². The number of aryl methyl sites for hydroxylation is 2. The van der Waals surface area contributed by atoms with Crippen molar-refractivity contribution in [2.24, 2.45) is 7.05 Å². The number of aromatic nitrogens is 4. The van der Waals surface area contributed by atoms with Crippen LogP contribution in [0.4, 0.5) is 0 Å². The maximum atomic E-state index is 13.3. The van der Waals surface area contributed by atoms with Gasteiger partial charge in [-0.1, -0.05) is 30.3 Å². The summed E-state index contributed by atoms with van der Waals surface area (Å²) in [5, 5.41) is 10.6. The molecular weight excluding hydrogens is 480 g/mol. The molecule has 0 bridgehead atoms. The van der Waals surface area contributed by atoms with Gasteiger partial charge in [-0.15, -0.1) is 11.3 Å². The molecule has 2 aromatic carbocycles. The lowest BCUT2D eigenvalue weighted by Gasteiger charge is -2.19. The van der Waals surface area contributed by atoms with Crippen molar-refractivity contribution in [1.29, 1.82) is 0 Å². The van der Waals surface area contributed by atoms with Gasteiger partial charge < -0.3 is 5.32 Å². The summed E-state index contributed by atoms with van der Waals surface area (Å²) < 4.78 is 1.76. The van der Waals surface area contributed by atoms with Crippen LogP contribution in [0.5, 0.6) is 0 Å². The Labute approximate surface area is 220 Å². The molecule has 0 spiro atoms. The number of nitrogens with zero attached hydrogens (tertiary/aromatic N) is 5. The molecule has 3 heterocycles. The highest BCUT2D eigenvalue weighted by Crippen LogP contribution is 2.29. The van der Waals surface area contributed by atoms with Gasteiger partial charge in [0.2, 0.25) is 0 Å². The number of rotatable bonds is 8. The normalized spacial score (nSPS) is 12.2. The Kier molecular flexibility index (Phi) is 7.12. The Morgan fingerprint density at radius 3 is 2.73 bits per heavy atom. The summed E-state index contributed by atoms with van der Waals surface area (Å²) >= 11 is 1.61. The second kappa shape index (κ2) is 10.6. The first-order valence-corrected chi connectivity index (χ1v) is 13.2. The largest absolute Gasteiger partial charge is 0.345 e. The van der Waals surface area contributed by atoms with Gasteiger partial charge in [-0.2, -0.15) is 5.10 Å². The number of pyridine rings is 1. The van der Waals surface area contributed by atoms with Crippen LogP contribution in [0.3, 0.4) is 0 Å². The fraction of sp³-hybridized carbons (Fsp3) is 0.241. The molecule has 188 valence electrons. The van der Waals surface area contributed by atoms with Gasteiger partial charge in [-0.3, -0.25) is 14.4 Å². The minimum Gasteiger partial charge on any atom is -0.345 e. The van der Waals surface area contributed by atoms with E-state index in [0.717, 1.165) is 52.1 Å². The van der Waals surface area contributed by atoms with Crippen molar-refractivity contribution in [3.63, 3.8) is 0 Å². The van der Waals surface area contributed by atoms with Crippen molar-refractivity contribution >= 4 is 28.1 Å². The van der Waals surface area contributed by atoms with Crippen molar-refractivity contribution in [2.75, 3.05) is 7.05 Å². The number of hydrogen-bond donors (Lipinski definition) is 1. The molecule has 0 radical (unpaired) electrons. The van der Waals surface area contributed by atoms with Gasteiger partial charge >= 0.3 is 0 Å². The van der Waals surface area contributed by atoms with Crippen LogP contribution in [0.2, 0.25) is 0 Å². The smallest absolute Gasteiger partial charge is 0.252 e. The summed E-state index contributed by atoms with van der Waals surface area (Å²) in [6, 6.07) is 15.9. The van der Waals surface area contributed by atoms with E-state index < -0.39 is 0 Å². The summed E-state index contributed by atoms with van der Waals surface area (Å²) in [5.74, 6) is -0.0869. The first-order valence-electron chi connectivity index (χ1n) is 12.2. The molecule has 0 aliphatic heterocycles. The molecule has 0 aliphatic rings. The number of amides is 1. The highest BCUT2D eigenvalue weighted by molar-refractivity contribution is 7.07. The molecule has 7 nitrogen and oxygen atoms in total. The third kappa shape index (κ3) is 5.60. The third-order valence-electron chi connectivity index (χ3n) is 6.47. The number of thiazole rings is 1. The minimum absolute atomic E-state index is 0.0869. The lowest BCUT2D eigenvalue weighted by atomic mass is 9.99. The topological polar surface area (TPSA) is 75.9 Å². The zero-order valence-corrected chi connectivity index (χ0v) is 22.3. The van der Waals surface area contributed by atoms with Gasteiger partial charge in [0.25, 0.3) is 5.91 Å². The van der Waals surface area contributed by atoms with E-state index in [1.165, 1.54) is 5.56 Å². The maximum absolute atomic E-state index is 13.3. The van der Waals surface area contributed by atoms with E-state index in [1.807, 2.05) is 69.1 Å². The Bertz CT molecular complexity index is 1540. The standard InChI is InChI=1S/C29H30N6OS/c1-19-11-21(14-34(3)16-23-17-37-18-30-23)9-10-24(19)29(36)32-20(2)26-12-28(22-13-31-35(4)15-22)33-27-8-6-5-7-25(26)27/h5-13,15,17-18,20H,14,16H2,1-4H3,(H,32,36)/t20-/m1/s1. The van der Waals surface area contributed by atoms with Crippen molar-refractivity contribution < 1.29 is 4.79 Å². The molecule has 37 heavy (non-hydrogen) atoms. The molecule has 0 aliphatic carbocycles. The van der Waals surface area contributed by atoms with E-state index in [4.69, 9.17) is 4.98 Å². The van der Waals surface area contributed by atoms with Crippen molar-refractivity contribution in [2.45, 2.75) is 33.0 Å². The van der Waals surface area contributed by atoms with Gasteiger partial charge in [-0.05, 0) is 55.8 Å². The molecule has 1 N–H and O–H groups in total. The summed E-state index contributed by atoms with van der Waals surface area (Å²) in [6.45, 7) is 5.59. The third-order valence-corrected chi connectivity index (χ3v) is 7.10. The van der Waals surface area contributed by atoms with E-state index in [-0.39, 0.29) is 11.9 Å². The van der Waals surface area contributed by atoms with Gasteiger partial charge in [0.1, 0.15) is 0 Å². The second-order valence-electron chi connectivity index (χ2n) is 9.51. The summed E-state index contributed by atoms with van der Waals surface area (Å²) in [7, 11) is 3.97. The predicted molar refractivity (Wildman–Crippen MR) is 148 cm³/mol. The van der Waals surface area contributed by atoms with Crippen LogP contribution in [0.15, 0.2) is 71.8 Å². The van der Waals surface area contributed by atoms with Crippen LogP contribution in [0.1, 0.15) is 45.7 Å². The molecule has 8 heteroatoms. The molecule has 0 saturated heterocycles. The highest BCUT2D eigenvalue weighted by atomic mass is 32.1. The fourth-order valence-corrected chi connectivity index (χ4v) is 5.20. The summed E-state index contributed by atoms with van der Waals surface area (Å²) in [5.41, 5.74) is 9.44. The van der Waals surface area contributed by atoms with Gasteiger partial charge in [0.05, 0.1) is 34.7 Å². The summed E-state index contributed by atoms with van der Waals surface area (Å²) in [6.07, 6.45) is 3.76. The zero-order valence-electron chi connectivity index (χ0n) is 21.5. The first kappa shape index (κ1) is 24.8. The monoisotopic (exact) mass is 510 g/mol. The van der Waals surface area contributed by atoms with Crippen molar-refractivity contribution in [3.05, 3.63) is 99.8 Å². The number of para-hydroxylation sites is 1. The first-order chi connectivity index (χ1) is 17.9. The quantitative estimate of drug-likeness (QED) is 0.297. The van der Waals surface area contributed by atoms with Crippen LogP contribution in [0, 0.1) is 6.92 Å². The Hall–Kier alpha value is -3.88. The lowest BCUT2D eigenvalue weighted by molar-refractivity contribution is 0.0939. The molecule has 5 aromatic rings. The van der Waals surface area contributed by atoms with E-state index in [2.05, 4.69) is 50.9 Å². The van der Waals surface area contributed by atoms with E-state index in [1.54, 1.807) is 16.0 Å². The Balaban J connectivity index is 1.34. The minimum atomic E-state index is -0.209. The summed E-state index contributed by atoms with van der Waals surface area (Å²) in [4.78, 5) is 24.8. The molecule has 5 rings (SSSR count). The van der Waals surface area contributed by atoms with Crippen LogP contribution >= 0.6 is 11.3 Å². The van der Waals surface area contributed by atoms with Crippen molar-refractivity contribution in [3.8, 4) is 11.3 Å². The SMILES string of the molecule is Cc1cc(CN(C)Cc2cscn2)ccc1C(=O)N[C@H](C)c1cc(-c2cnn(C)c2)nc2ccccc12. The molecule has 1 amide bonds. The predicted octanol–water partition coefficient (Wildman–Crippen LogP) is 5.52. The zero-order chi connectivity index (χ0) is 25.9. The van der Waals surface area contributed by atoms with Crippen LogP contribution in [-0.2, 0) is 20.1 Å². The average molecular weight is 511 g/mol. The highest BCUT2D eigenvalue weighted by Gasteiger charge is 2.18. The molecular formula is C29H30N6OS. The fourth-order valence-electron chi connectivity index (χ4n) is 4.65. The van der Waals surface area contributed by atoms with Crippen LogP contribution < -0.4 is 5.32 Å². The van der Waals surface area contributed by atoms with Gasteiger partial charge in [-0.25, -0.2) is 9.97 Å². The molecule has 0 fully saturated rings. The lowest BCUT2D eigenvalue weighted by Crippen LogP contribution is -2.27. The van der Waals surface area contributed by atoms with Gasteiger partial charge in [0, 0.05) is 48.2 Å². The average Bonchev–Trinajstić information content (AvgIpc) is 3.55. The number of nitrogens with one attached hydrogen (secondary N) is 1. The number of carbonyl (C=O) groups is 1. The van der Waals surface area contributed by atoms with E-state index >= 15 is 0 Å². The van der Waals surface area contributed by atoms with Crippen LogP contribution in [0.25, 0.3) is 22.2 Å². The maximum Gasteiger partial charge on any atom is 0.252 e. The molecule has 0 unspecified atom stereocenters. The van der Waals surface area contributed by atoms with E-state index in [9.17, 15) is 4.79 Å². The Morgan fingerprint density at radius 1 is 1.16 bits per heavy atom.